The van der Waals surface area contributed by atoms with Crippen LogP contribution in [0.5, 0.6) is 0 Å². The number of ketones is 1. The van der Waals surface area contributed by atoms with Crippen molar-refractivity contribution in [2.75, 3.05) is 0 Å². The molecule has 0 bridgehead atoms. The molecule has 14 heavy (non-hydrogen) atoms. The van der Waals surface area contributed by atoms with Gasteiger partial charge in [-0.25, -0.2) is 0 Å². The highest BCUT2D eigenvalue weighted by Gasteiger charge is 2.42. The van der Waals surface area contributed by atoms with E-state index in [4.69, 9.17) is 0 Å². The minimum Gasteiger partial charge on any atom is -0.321 e. The molecule has 1 rings (SSSR count). The van der Waals surface area contributed by atoms with Crippen molar-refractivity contribution in [2.24, 2.45) is 5.18 Å². The normalized spacial score (nSPS) is 21.9. The summed E-state index contributed by atoms with van der Waals surface area (Å²) in [6, 6.07) is -1.85. The Morgan fingerprint density at radius 2 is 2.07 bits per heavy atom. The van der Waals surface area contributed by atoms with Crippen molar-refractivity contribution in [3.63, 3.8) is 0 Å². The third-order valence-corrected chi connectivity index (χ3v) is 1.68. The van der Waals surface area contributed by atoms with Gasteiger partial charge in [-0.1, -0.05) is 0 Å². The molecule has 1 aliphatic rings. The van der Waals surface area contributed by atoms with Gasteiger partial charge in [0.05, 0.1) is 10.6 Å². The number of nitrogens with zero attached hydrogens (tertiary/aromatic N) is 2. The Morgan fingerprint density at radius 3 is 2.50 bits per heavy atom. The van der Waals surface area contributed by atoms with Gasteiger partial charge < -0.3 is 5.32 Å². The number of nitroso groups, excluding NO2 is 1. The van der Waals surface area contributed by atoms with Crippen LogP contribution in [-0.2, 0) is 9.59 Å². The van der Waals surface area contributed by atoms with Crippen molar-refractivity contribution in [2.45, 2.75) is 13.0 Å². The van der Waals surface area contributed by atoms with E-state index < -0.39 is 28.4 Å². The summed E-state index contributed by atoms with van der Waals surface area (Å²) in [7, 11) is 0. The van der Waals surface area contributed by atoms with Gasteiger partial charge >= 0.3 is 5.70 Å². The number of allylic oxidation sites excluding steroid dienone is 1. The Kier molecular flexibility index (Phi) is 2.36. The minimum atomic E-state index is -1.85. The number of hydrogen-bond donors (Lipinski definition) is 1. The first-order valence-electron chi connectivity index (χ1n) is 3.52. The van der Waals surface area contributed by atoms with E-state index in [0.29, 0.717) is 0 Å². The molecule has 0 saturated heterocycles. The zero-order chi connectivity index (χ0) is 10.9. The maximum atomic E-state index is 11.2. The number of nitrogens with one attached hydrogen (secondary N) is 1. The van der Waals surface area contributed by atoms with E-state index in [9.17, 15) is 24.6 Å². The molecule has 8 heteroatoms. The summed E-state index contributed by atoms with van der Waals surface area (Å²) in [5, 5.41) is 14.6. The highest BCUT2D eigenvalue weighted by Crippen LogP contribution is 2.14. The van der Waals surface area contributed by atoms with Gasteiger partial charge in [-0.2, -0.15) is 0 Å². The largest absolute Gasteiger partial charge is 0.333 e. The molecule has 0 aromatic heterocycles. The molecule has 1 amide bonds. The average molecular weight is 199 g/mol. The number of carbonyl (C=O) groups excluding carboxylic acids is 2. The number of nitro groups is 1. The Bertz CT molecular complexity index is 372. The number of amides is 1. The van der Waals surface area contributed by atoms with E-state index in [1.54, 1.807) is 0 Å². The van der Waals surface area contributed by atoms with Gasteiger partial charge in [-0.3, -0.25) is 19.7 Å². The van der Waals surface area contributed by atoms with Crippen LogP contribution in [-0.4, -0.2) is 22.7 Å². The molecule has 1 heterocycles. The second-order valence-electron chi connectivity index (χ2n) is 2.59. The number of rotatable bonds is 2. The van der Waals surface area contributed by atoms with Crippen molar-refractivity contribution in [1.82, 2.24) is 5.32 Å². The van der Waals surface area contributed by atoms with Crippen molar-refractivity contribution in [1.29, 1.82) is 0 Å². The second kappa shape index (κ2) is 3.32. The van der Waals surface area contributed by atoms with E-state index >= 15 is 0 Å². The molecular formula is C6H5N3O5. The van der Waals surface area contributed by atoms with Crippen LogP contribution in [0.2, 0.25) is 0 Å². The minimum absolute atomic E-state index is 0.176. The Labute approximate surface area is 77.1 Å². The molecule has 8 nitrogen and oxygen atoms in total. The lowest BCUT2D eigenvalue weighted by Gasteiger charge is -2.14. The molecule has 0 aliphatic carbocycles. The zero-order valence-electron chi connectivity index (χ0n) is 7.01. The SMILES string of the molecule is CC1=C([N+](=O)[O-])C(=O)C(N=O)C(=O)N1. The smallest absolute Gasteiger partial charge is 0.321 e. The van der Waals surface area contributed by atoms with Gasteiger partial charge in [-0.15, -0.1) is 4.91 Å². The molecule has 74 valence electrons. The summed E-state index contributed by atoms with van der Waals surface area (Å²) >= 11 is 0. The van der Waals surface area contributed by atoms with Crippen LogP contribution in [0.4, 0.5) is 0 Å². The fraction of sp³-hybridized carbons (Fsp3) is 0.333. The number of Topliss-reactive ketones (excluding diaryl/α,β-unsaturated/α-hetero) is 1. The summed E-state index contributed by atoms with van der Waals surface area (Å²) in [6.45, 7) is 1.20. The van der Waals surface area contributed by atoms with Crippen molar-refractivity contribution < 1.29 is 14.5 Å². The van der Waals surface area contributed by atoms with E-state index in [2.05, 4.69) is 5.18 Å². The van der Waals surface area contributed by atoms with Crippen molar-refractivity contribution >= 4 is 11.7 Å². The van der Waals surface area contributed by atoms with E-state index in [1.807, 2.05) is 5.32 Å². The first-order valence-corrected chi connectivity index (χ1v) is 3.52. The van der Waals surface area contributed by atoms with Gasteiger partial charge in [0.25, 0.3) is 11.7 Å². The van der Waals surface area contributed by atoms with Crippen LogP contribution >= 0.6 is 0 Å². The van der Waals surface area contributed by atoms with Crippen LogP contribution in [0.1, 0.15) is 6.92 Å². The Balaban J connectivity index is 3.22. The Morgan fingerprint density at radius 1 is 1.50 bits per heavy atom. The highest BCUT2D eigenvalue weighted by atomic mass is 16.6. The summed E-state index contributed by atoms with van der Waals surface area (Å²) < 4.78 is 0. The van der Waals surface area contributed by atoms with Gasteiger partial charge in [0.2, 0.25) is 6.04 Å². The Hall–Kier alpha value is -2.12. The van der Waals surface area contributed by atoms with Gasteiger partial charge in [-0.05, 0) is 12.1 Å². The molecule has 1 aliphatic heterocycles. The van der Waals surface area contributed by atoms with Crippen LogP contribution in [0, 0.1) is 15.0 Å². The molecular weight excluding hydrogens is 194 g/mol. The van der Waals surface area contributed by atoms with E-state index in [-0.39, 0.29) is 5.70 Å². The molecule has 1 atom stereocenters. The molecule has 0 spiro atoms. The first-order chi connectivity index (χ1) is 6.49. The van der Waals surface area contributed by atoms with Crippen LogP contribution in [0.15, 0.2) is 16.6 Å². The molecule has 0 saturated carbocycles. The molecule has 1 unspecified atom stereocenters. The first kappa shape index (κ1) is 9.96. The summed E-state index contributed by atoms with van der Waals surface area (Å²) in [6.07, 6.45) is 0. The fourth-order valence-electron chi connectivity index (χ4n) is 1.07. The summed E-state index contributed by atoms with van der Waals surface area (Å²) in [4.78, 5) is 41.6. The standard InChI is InChI=1S/C6H5N3O5/c1-2-4(9(13)14)5(10)3(8-12)6(11)7-2/h3H,1H3,(H,7,11). The lowest BCUT2D eigenvalue weighted by molar-refractivity contribution is -0.420. The van der Waals surface area contributed by atoms with Crippen LogP contribution < -0.4 is 5.32 Å². The van der Waals surface area contributed by atoms with E-state index in [0.717, 1.165) is 0 Å². The van der Waals surface area contributed by atoms with E-state index in [1.165, 1.54) is 6.92 Å². The average Bonchev–Trinajstić information content (AvgIpc) is 2.02. The van der Waals surface area contributed by atoms with Crippen LogP contribution in [0.25, 0.3) is 0 Å². The van der Waals surface area contributed by atoms with Gasteiger partial charge in [0.15, 0.2) is 0 Å². The van der Waals surface area contributed by atoms with Gasteiger partial charge in [0.1, 0.15) is 0 Å². The van der Waals surface area contributed by atoms with Crippen molar-refractivity contribution in [3.05, 3.63) is 26.4 Å². The molecule has 0 aromatic rings. The van der Waals surface area contributed by atoms with Gasteiger partial charge in [0, 0.05) is 0 Å². The molecule has 0 radical (unpaired) electrons. The quantitative estimate of drug-likeness (QED) is 0.273. The maximum Gasteiger partial charge on any atom is 0.333 e. The third kappa shape index (κ3) is 1.37. The monoisotopic (exact) mass is 199 g/mol. The predicted molar refractivity (Wildman–Crippen MR) is 42.4 cm³/mol. The third-order valence-electron chi connectivity index (χ3n) is 1.68. The predicted octanol–water partition coefficient (Wildman–Crippen LogP) is -0.671. The highest BCUT2D eigenvalue weighted by molar-refractivity contribution is 6.15. The number of carbonyl (C=O) groups is 2. The van der Waals surface area contributed by atoms with Crippen LogP contribution in [0.3, 0.4) is 0 Å². The maximum absolute atomic E-state index is 11.2. The second-order valence-corrected chi connectivity index (χ2v) is 2.59. The van der Waals surface area contributed by atoms with Crippen molar-refractivity contribution in [3.8, 4) is 0 Å². The molecule has 1 N–H and O–H groups in total. The fourth-order valence-corrected chi connectivity index (χ4v) is 1.07. The number of hydrogen-bond acceptors (Lipinski definition) is 6. The lowest BCUT2D eigenvalue weighted by Crippen LogP contribution is -2.45. The molecule has 0 aromatic carbocycles. The summed E-state index contributed by atoms with van der Waals surface area (Å²) in [5.41, 5.74) is -0.973. The zero-order valence-corrected chi connectivity index (χ0v) is 7.01. The topological polar surface area (TPSA) is 119 Å². The lowest BCUT2D eigenvalue weighted by atomic mass is 10.0. The summed E-state index contributed by atoms with van der Waals surface area (Å²) in [5.74, 6) is -2.11. The molecule has 0 fully saturated rings.